The van der Waals surface area contributed by atoms with Crippen molar-refractivity contribution in [3.8, 4) is 0 Å². The summed E-state index contributed by atoms with van der Waals surface area (Å²) in [5.41, 5.74) is 1.79. The SMILES string of the molecule is CC(C)(C)OC(=O)[C@@](CN)(NS(=O)(=O)c1ccccc1)C(=O)O. The van der Waals surface area contributed by atoms with Crippen LogP contribution in [0.4, 0.5) is 0 Å². The molecule has 1 rings (SSSR count). The van der Waals surface area contributed by atoms with E-state index in [0.717, 1.165) is 0 Å². The number of nitrogens with one attached hydrogen (secondary N) is 1. The summed E-state index contributed by atoms with van der Waals surface area (Å²) in [6, 6.07) is 7.06. The smallest absolute Gasteiger partial charge is 0.340 e. The number of rotatable bonds is 6. The Labute approximate surface area is 134 Å². The van der Waals surface area contributed by atoms with Crippen molar-refractivity contribution < 1.29 is 27.9 Å². The summed E-state index contributed by atoms with van der Waals surface area (Å²) in [7, 11) is -4.29. The molecule has 0 heterocycles. The Morgan fingerprint density at radius 3 is 2.13 bits per heavy atom. The quantitative estimate of drug-likeness (QED) is 0.491. The average Bonchev–Trinajstić information content (AvgIpc) is 2.43. The molecule has 0 aliphatic heterocycles. The molecule has 0 aliphatic rings. The van der Waals surface area contributed by atoms with Gasteiger partial charge in [0.05, 0.1) is 4.90 Å². The molecule has 0 fully saturated rings. The molecule has 8 nitrogen and oxygen atoms in total. The van der Waals surface area contributed by atoms with E-state index in [0.29, 0.717) is 0 Å². The lowest BCUT2D eigenvalue weighted by Crippen LogP contribution is -2.65. The molecule has 0 aromatic heterocycles. The molecule has 0 unspecified atom stereocenters. The maximum Gasteiger partial charge on any atom is 0.340 e. The van der Waals surface area contributed by atoms with Gasteiger partial charge in [0.15, 0.2) is 0 Å². The lowest BCUT2D eigenvalue weighted by atomic mass is 10.0. The highest BCUT2D eigenvalue weighted by atomic mass is 32.2. The van der Waals surface area contributed by atoms with Crippen molar-refractivity contribution in [2.45, 2.75) is 36.8 Å². The Bertz CT molecular complexity index is 681. The summed E-state index contributed by atoms with van der Waals surface area (Å²) < 4.78 is 31.6. The predicted octanol–water partition coefficient (Wildman–Crippen LogP) is 0.0887. The van der Waals surface area contributed by atoms with Crippen molar-refractivity contribution in [2.24, 2.45) is 5.73 Å². The zero-order valence-electron chi connectivity index (χ0n) is 13.1. The number of carboxylic acids is 1. The summed E-state index contributed by atoms with van der Waals surface area (Å²) in [6.07, 6.45) is 0. The van der Waals surface area contributed by atoms with Crippen LogP contribution in [0.5, 0.6) is 0 Å². The van der Waals surface area contributed by atoms with E-state index < -0.39 is 39.6 Å². The minimum Gasteiger partial charge on any atom is -0.479 e. The third kappa shape index (κ3) is 4.50. The molecule has 0 bridgehead atoms. The van der Waals surface area contributed by atoms with Crippen LogP contribution in [0, 0.1) is 0 Å². The fraction of sp³-hybridized carbons (Fsp3) is 0.429. The van der Waals surface area contributed by atoms with Crippen LogP contribution in [-0.2, 0) is 24.3 Å². The zero-order chi connectivity index (χ0) is 17.9. The second kappa shape index (κ2) is 6.65. The molecule has 0 spiro atoms. The number of ether oxygens (including phenoxy) is 1. The lowest BCUT2D eigenvalue weighted by molar-refractivity contribution is -0.169. The van der Waals surface area contributed by atoms with Gasteiger partial charge in [-0.05, 0) is 32.9 Å². The number of benzene rings is 1. The Kier molecular flexibility index (Phi) is 5.51. The van der Waals surface area contributed by atoms with E-state index in [2.05, 4.69) is 0 Å². The van der Waals surface area contributed by atoms with Gasteiger partial charge in [-0.2, -0.15) is 4.72 Å². The molecule has 1 atom stereocenters. The Hall–Kier alpha value is -1.97. The van der Waals surface area contributed by atoms with E-state index in [1.54, 1.807) is 6.07 Å². The number of hydrogen-bond donors (Lipinski definition) is 3. The monoisotopic (exact) mass is 344 g/mol. The first-order valence-corrected chi connectivity index (χ1v) is 8.19. The highest BCUT2D eigenvalue weighted by molar-refractivity contribution is 7.89. The van der Waals surface area contributed by atoms with E-state index in [9.17, 15) is 23.1 Å². The second-order valence-electron chi connectivity index (χ2n) is 5.84. The standard InChI is InChI=1S/C14H20N2O6S/c1-13(2,3)22-12(19)14(9-15,11(17)18)16-23(20,21)10-7-5-4-6-8-10/h4-8,16H,9,15H2,1-3H3,(H,17,18)/t14-/m0/s1. The Balaban J connectivity index is 3.28. The van der Waals surface area contributed by atoms with Gasteiger partial charge in [-0.1, -0.05) is 18.2 Å². The Morgan fingerprint density at radius 1 is 1.22 bits per heavy atom. The van der Waals surface area contributed by atoms with Crippen LogP contribution in [0.2, 0.25) is 0 Å². The van der Waals surface area contributed by atoms with Gasteiger partial charge < -0.3 is 15.6 Å². The minimum atomic E-state index is -4.29. The van der Waals surface area contributed by atoms with Crippen molar-refractivity contribution in [1.82, 2.24) is 4.72 Å². The molecule has 128 valence electrons. The van der Waals surface area contributed by atoms with E-state index in [-0.39, 0.29) is 4.90 Å². The van der Waals surface area contributed by atoms with Gasteiger partial charge >= 0.3 is 11.9 Å². The summed E-state index contributed by atoms with van der Waals surface area (Å²) in [6.45, 7) is 3.78. The van der Waals surface area contributed by atoms with Crippen molar-refractivity contribution in [1.29, 1.82) is 0 Å². The number of carbonyl (C=O) groups excluding carboxylic acids is 1. The molecule has 1 aromatic rings. The van der Waals surface area contributed by atoms with E-state index in [4.69, 9.17) is 10.5 Å². The molecule has 1 aromatic carbocycles. The molecule has 0 amide bonds. The molecule has 4 N–H and O–H groups in total. The molecule has 0 aliphatic carbocycles. The fourth-order valence-electron chi connectivity index (χ4n) is 1.64. The molecule has 0 saturated heterocycles. The van der Waals surface area contributed by atoms with Crippen molar-refractivity contribution in [3.05, 3.63) is 30.3 Å². The lowest BCUT2D eigenvalue weighted by Gasteiger charge is -2.30. The average molecular weight is 344 g/mol. The molecular weight excluding hydrogens is 324 g/mol. The first-order chi connectivity index (χ1) is 10.4. The maximum atomic E-state index is 12.3. The van der Waals surface area contributed by atoms with Gasteiger partial charge in [-0.15, -0.1) is 0 Å². The van der Waals surface area contributed by atoms with E-state index >= 15 is 0 Å². The van der Waals surface area contributed by atoms with Crippen LogP contribution in [0.15, 0.2) is 35.2 Å². The number of carbonyl (C=O) groups is 2. The largest absolute Gasteiger partial charge is 0.479 e. The highest BCUT2D eigenvalue weighted by Gasteiger charge is 2.51. The number of carboxylic acid groups (broad SMARTS) is 1. The van der Waals surface area contributed by atoms with Crippen LogP contribution in [0.3, 0.4) is 0 Å². The van der Waals surface area contributed by atoms with Crippen molar-refractivity contribution >= 4 is 22.0 Å². The summed E-state index contributed by atoms with van der Waals surface area (Å²) in [5.74, 6) is -3.02. The van der Waals surface area contributed by atoms with Gasteiger partial charge in [-0.25, -0.2) is 18.0 Å². The topological polar surface area (TPSA) is 136 Å². The predicted molar refractivity (Wildman–Crippen MR) is 82.0 cm³/mol. The van der Waals surface area contributed by atoms with Gasteiger partial charge in [0.1, 0.15) is 5.60 Å². The summed E-state index contributed by atoms with van der Waals surface area (Å²) >= 11 is 0. The first kappa shape index (κ1) is 19.1. The van der Waals surface area contributed by atoms with E-state index in [1.165, 1.54) is 45.0 Å². The fourth-order valence-corrected chi connectivity index (χ4v) is 2.98. The second-order valence-corrected chi connectivity index (χ2v) is 7.52. The van der Waals surface area contributed by atoms with Crippen molar-refractivity contribution in [2.75, 3.05) is 6.54 Å². The summed E-state index contributed by atoms with van der Waals surface area (Å²) in [5, 5.41) is 9.39. The molecule has 9 heteroatoms. The molecular formula is C14H20N2O6S. The van der Waals surface area contributed by atoms with Crippen LogP contribution in [0.1, 0.15) is 20.8 Å². The van der Waals surface area contributed by atoms with Crippen molar-refractivity contribution in [3.63, 3.8) is 0 Å². The molecule has 0 radical (unpaired) electrons. The third-order valence-electron chi connectivity index (χ3n) is 2.78. The van der Waals surface area contributed by atoms with Crippen LogP contribution in [0.25, 0.3) is 0 Å². The zero-order valence-corrected chi connectivity index (χ0v) is 13.9. The van der Waals surface area contributed by atoms with Gasteiger partial charge in [-0.3, -0.25) is 0 Å². The minimum absolute atomic E-state index is 0.192. The van der Waals surface area contributed by atoms with Gasteiger partial charge in [0.2, 0.25) is 15.6 Å². The molecule has 23 heavy (non-hydrogen) atoms. The molecule has 0 saturated carbocycles. The van der Waals surface area contributed by atoms with Crippen LogP contribution in [-0.4, -0.2) is 43.1 Å². The number of esters is 1. The first-order valence-electron chi connectivity index (χ1n) is 6.70. The normalized spacial score (nSPS) is 14.8. The van der Waals surface area contributed by atoms with E-state index in [1.807, 2.05) is 4.72 Å². The number of sulfonamides is 1. The van der Waals surface area contributed by atoms with Crippen LogP contribution >= 0.6 is 0 Å². The van der Waals surface area contributed by atoms with Crippen LogP contribution < -0.4 is 10.5 Å². The van der Waals surface area contributed by atoms with Gasteiger partial charge in [0.25, 0.3) is 0 Å². The Morgan fingerprint density at radius 2 is 1.74 bits per heavy atom. The van der Waals surface area contributed by atoms with Gasteiger partial charge in [0, 0.05) is 6.54 Å². The maximum absolute atomic E-state index is 12.3. The number of hydrogen-bond acceptors (Lipinski definition) is 6. The summed E-state index contributed by atoms with van der Waals surface area (Å²) in [4.78, 5) is 23.6. The third-order valence-corrected chi connectivity index (χ3v) is 4.29. The number of aliphatic carboxylic acids is 1. The highest BCUT2D eigenvalue weighted by Crippen LogP contribution is 2.18. The number of nitrogens with two attached hydrogens (primary N) is 1.